The number of urea groups is 1. The molecule has 160 valence electrons. The number of amides is 3. The number of nitrogens with one attached hydrogen (secondary N) is 1. The molecule has 3 rings (SSSR count). The minimum atomic E-state index is -4.82. The number of aromatic nitrogens is 1. The molecule has 1 aliphatic rings. The van der Waals surface area contributed by atoms with Gasteiger partial charge in [-0.25, -0.2) is 9.69 Å². The summed E-state index contributed by atoms with van der Waals surface area (Å²) < 4.78 is 40.8. The quantitative estimate of drug-likeness (QED) is 0.708. The van der Waals surface area contributed by atoms with E-state index < -0.39 is 30.1 Å². The highest BCUT2D eigenvalue weighted by atomic mass is 19.4. The monoisotopic (exact) mass is 422 g/mol. The number of carbonyl (C=O) groups is 2. The third-order valence-electron chi connectivity index (χ3n) is 4.51. The minimum absolute atomic E-state index is 0.148. The Morgan fingerprint density at radius 2 is 1.83 bits per heavy atom. The van der Waals surface area contributed by atoms with Crippen LogP contribution in [-0.2, 0) is 11.3 Å². The van der Waals surface area contributed by atoms with E-state index >= 15 is 0 Å². The van der Waals surface area contributed by atoms with Crippen molar-refractivity contribution in [2.45, 2.75) is 45.8 Å². The van der Waals surface area contributed by atoms with E-state index in [4.69, 9.17) is 0 Å². The van der Waals surface area contributed by atoms with Crippen molar-refractivity contribution < 1.29 is 27.5 Å². The Morgan fingerprint density at radius 3 is 2.43 bits per heavy atom. The lowest BCUT2D eigenvalue weighted by Crippen LogP contribution is -2.33. The Labute approximate surface area is 171 Å². The van der Waals surface area contributed by atoms with Gasteiger partial charge in [0.15, 0.2) is 0 Å². The van der Waals surface area contributed by atoms with E-state index in [1.807, 2.05) is 13.8 Å². The molecule has 1 N–H and O–H groups in total. The first-order valence-corrected chi connectivity index (χ1v) is 9.26. The van der Waals surface area contributed by atoms with Crippen molar-refractivity contribution in [3.05, 3.63) is 48.3 Å². The number of hydrogen-bond acceptors (Lipinski definition) is 5. The number of imide groups is 1. The van der Waals surface area contributed by atoms with Gasteiger partial charge < -0.3 is 15.0 Å². The normalized spacial score (nSPS) is 17.1. The SMILES string of the molecule is CC(C)Nc1cnccc1CN1C(=O)N(c2ccc(OC(F)(F)F)cc2)C(=O)C1C. The summed E-state index contributed by atoms with van der Waals surface area (Å²) >= 11 is 0. The van der Waals surface area contributed by atoms with Gasteiger partial charge in [-0.15, -0.1) is 13.2 Å². The topological polar surface area (TPSA) is 74.8 Å². The number of carbonyl (C=O) groups excluding carboxylic acids is 2. The summed E-state index contributed by atoms with van der Waals surface area (Å²) in [6.45, 7) is 5.73. The highest BCUT2D eigenvalue weighted by molar-refractivity contribution is 6.21. The molecule has 1 atom stereocenters. The van der Waals surface area contributed by atoms with Crippen LogP contribution in [0.1, 0.15) is 26.3 Å². The Morgan fingerprint density at radius 1 is 1.17 bits per heavy atom. The minimum Gasteiger partial charge on any atom is -0.406 e. The Balaban J connectivity index is 1.81. The van der Waals surface area contributed by atoms with E-state index in [0.29, 0.717) is 0 Å². The van der Waals surface area contributed by atoms with Crippen LogP contribution in [0.25, 0.3) is 0 Å². The fourth-order valence-corrected chi connectivity index (χ4v) is 3.13. The van der Waals surface area contributed by atoms with Crippen LogP contribution in [0.15, 0.2) is 42.7 Å². The van der Waals surface area contributed by atoms with Gasteiger partial charge in [-0.1, -0.05) is 0 Å². The fraction of sp³-hybridized carbons (Fsp3) is 0.350. The van der Waals surface area contributed by atoms with Gasteiger partial charge in [-0.05, 0) is 56.7 Å². The van der Waals surface area contributed by atoms with E-state index in [0.717, 1.165) is 28.3 Å². The van der Waals surface area contributed by atoms with Crippen LogP contribution in [0.5, 0.6) is 5.75 Å². The molecule has 0 bridgehead atoms. The fourth-order valence-electron chi connectivity index (χ4n) is 3.13. The van der Waals surface area contributed by atoms with Gasteiger partial charge in [0.05, 0.1) is 24.1 Å². The molecule has 10 heteroatoms. The maximum Gasteiger partial charge on any atom is 0.573 e. The molecule has 30 heavy (non-hydrogen) atoms. The van der Waals surface area contributed by atoms with Crippen molar-refractivity contribution in [1.29, 1.82) is 0 Å². The molecular formula is C20H21F3N4O3. The van der Waals surface area contributed by atoms with Gasteiger partial charge in [0.2, 0.25) is 0 Å². The summed E-state index contributed by atoms with van der Waals surface area (Å²) in [5.41, 5.74) is 1.72. The second kappa shape index (κ2) is 8.21. The highest BCUT2D eigenvalue weighted by Gasteiger charge is 2.43. The summed E-state index contributed by atoms with van der Waals surface area (Å²) in [5, 5.41) is 3.25. The van der Waals surface area contributed by atoms with Gasteiger partial charge in [0.1, 0.15) is 11.8 Å². The molecule has 1 aromatic carbocycles. The molecule has 2 aromatic rings. The first-order chi connectivity index (χ1) is 14.1. The molecule has 1 aliphatic heterocycles. The Bertz CT molecular complexity index is 932. The van der Waals surface area contributed by atoms with Crippen LogP contribution in [-0.4, -0.2) is 40.3 Å². The maximum atomic E-state index is 13.0. The lowest BCUT2D eigenvalue weighted by molar-refractivity contribution is -0.274. The third kappa shape index (κ3) is 4.64. The number of nitrogens with zero attached hydrogens (tertiary/aromatic N) is 3. The van der Waals surface area contributed by atoms with Crippen molar-refractivity contribution >= 4 is 23.3 Å². The average Bonchev–Trinajstić information content (AvgIpc) is 2.86. The van der Waals surface area contributed by atoms with Gasteiger partial charge in [0, 0.05) is 12.2 Å². The largest absolute Gasteiger partial charge is 0.573 e. The first-order valence-electron chi connectivity index (χ1n) is 9.26. The van der Waals surface area contributed by atoms with Crippen LogP contribution in [0.4, 0.5) is 29.3 Å². The van der Waals surface area contributed by atoms with Gasteiger partial charge in [0.25, 0.3) is 5.91 Å². The van der Waals surface area contributed by atoms with E-state index in [-0.39, 0.29) is 18.3 Å². The van der Waals surface area contributed by atoms with Crippen LogP contribution in [0.2, 0.25) is 0 Å². The van der Waals surface area contributed by atoms with Crippen LogP contribution in [0, 0.1) is 0 Å². The number of pyridine rings is 1. The smallest absolute Gasteiger partial charge is 0.406 e. The molecule has 0 radical (unpaired) electrons. The number of halogens is 3. The molecule has 7 nitrogen and oxygen atoms in total. The molecule has 3 amide bonds. The number of rotatable bonds is 6. The van der Waals surface area contributed by atoms with Crippen molar-refractivity contribution in [3.63, 3.8) is 0 Å². The average molecular weight is 422 g/mol. The number of ether oxygens (including phenoxy) is 1. The van der Waals surface area contributed by atoms with E-state index in [9.17, 15) is 22.8 Å². The summed E-state index contributed by atoms with van der Waals surface area (Å²) in [6, 6.07) is 5.23. The molecule has 1 aromatic heterocycles. The standard InChI is InChI=1S/C20H21F3N4O3/c1-12(2)25-17-10-24-9-8-14(17)11-26-13(3)18(28)27(19(26)29)15-4-6-16(7-5-15)30-20(21,22)23/h4-10,12-13,25H,11H2,1-3H3. The summed E-state index contributed by atoms with van der Waals surface area (Å²) in [6.07, 6.45) is -1.57. The van der Waals surface area contributed by atoms with E-state index in [1.165, 1.54) is 17.0 Å². The molecule has 1 saturated heterocycles. The zero-order valence-corrected chi connectivity index (χ0v) is 16.6. The number of benzene rings is 1. The van der Waals surface area contributed by atoms with Crippen LogP contribution >= 0.6 is 0 Å². The van der Waals surface area contributed by atoms with Crippen molar-refractivity contribution in [1.82, 2.24) is 9.88 Å². The third-order valence-corrected chi connectivity index (χ3v) is 4.51. The molecule has 0 aliphatic carbocycles. The van der Waals surface area contributed by atoms with Crippen molar-refractivity contribution in [3.8, 4) is 5.75 Å². The van der Waals surface area contributed by atoms with E-state index in [1.54, 1.807) is 25.4 Å². The zero-order valence-electron chi connectivity index (χ0n) is 16.6. The lowest BCUT2D eigenvalue weighted by atomic mass is 10.2. The predicted octanol–water partition coefficient (Wildman–Crippen LogP) is 4.16. The van der Waals surface area contributed by atoms with Crippen molar-refractivity contribution in [2.75, 3.05) is 10.2 Å². The number of hydrogen-bond donors (Lipinski definition) is 1. The second-order valence-electron chi connectivity index (χ2n) is 7.13. The Kier molecular flexibility index (Phi) is 5.86. The predicted molar refractivity (Wildman–Crippen MR) is 104 cm³/mol. The van der Waals surface area contributed by atoms with Crippen LogP contribution < -0.4 is 15.0 Å². The van der Waals surface area contributed by atoms with Gasteiger partial charge >= 0.3 is 12.4 Å². The second-order valence-corrected chi connectivity index (χ2v) is 7.13. The molecule has 2 heterocycles. The summed E-state index contributed by atoms with van der Waals surface area (Å²) in [7, 11) is 0. The lowest BCUT2D eigenvalue weighted by Gasteiger charge is -2.22. The summed E-state index contributed by atoms with van der Waals surface area (Å²) in [5.74, 6) is -0.895. The zero-order chi connectivity index (χ0) is 22.1. The molecular weight excluding hydrogens is 401 g/mol. The van der Waals surface area contributed by atoms with Crippen LogP contribution in [0.3, 0.4) is 0 Å². The van der Waals surface area contributed by atoms with Gasteiger partial charge in [-0.3, -0.25) is 9.78 Å². The molecule has 1 fully saturated rings. The summed E-state index contributed by atoms with van der Waals surface area (Å²) in [4.78, 5) is 32.1. The Hall–Kier alpha value is -3.30. The first kappa shape index (κ1) is 21.4. The highest BCUT2D eigenvalue weighted by Crippen LogP contribution is 2.30. The molecule has 0 saturated carbocycles. The van der Waals surface area contributed by atoms with Gasteiger partial charge in [-0.2, -0.15) is 0 Å². The number of anilines is 2. The van der Waals surface area contributed by atoms with E-state index in [2.05, 4.69) is 15.0 Å². The van der Waals surface area contributed by atoms with Crippen molar-refractivity contribution in [2.24, 2.45) is 0 Å². The number of alkyl halides is 3. The maximum absolute atomic E-state index is 13.0. The molecule has 1 unspecified atom stereocenters. The molecule has 0 spiro atoms.